The Hall–Kier alpha value is -0.610. The van der Waals surface area contributed by atoms with Gasteiger partial charge in [-0.25, -0.2) is 0 Å². The normalized spacial score (nSPS) is 21.7. The van der Waals surface area contributed by atoms with E-state index in [1.54, 1.807) is 0 Å². The lowest BCUT2D eigenvalue weighted by atomic mass is 9.97. The fourth-order valence-corrected chi connectivity index (χ4v) is 3.80. The maximum Gasteiger partial charge on any atom is 0.311 e. The van der Waals surface area contributed by atoms with Crippen LogP contribution in [0.4, 0.5) is 0 Å². The Morgan fingerprint density at radius 2 is 1.34 bits per heavy atom. The molecule has 0 spiro atoms. The van der Waals surface area contributed by atoms with E-state index in [4.69, 9.17) is 14.2 Å². The molecule has 1 heterocycles. The predicted molar refractivity (Wildman–Crippen MR) is 120 cm³/mol. The second-order valence-corrected chi connectivity index (χ2v) is 10.7. The lowest BCUT2D eigenvalue weighted by Gasteiger charge is -2.21. The zero-order valence-electron chi connectivity index (χ0n) is 20.4. The summed E-state index contributed by atoms with van der Waals surface area (Å²) < 4.78 is 17.5. The average Bonchev–Trinajstić information content (AvgIpc) is 2.90. The van der Waals surface area contributed by atoms with E-state index in [0.717, 1.165) is 18.8 Å². The van der Waals surface area contributed by atoms with Crippen molar-refractivity contribution in [1.29, 1.82) is 0 Å². The molecule has 1 aliphatic rings. The van der Waals surface area contributed by atoms with Crippen LogP contribution in [0.5, 0.6) is 0 Å². The zero-order chi connectivity index (χ0) is 21.9. The quantitative estimate of drug-likeness (QED) is 0.227. The molecule has 0 aromatic carbocycles. The van der Waals surface area contributed by atoms with Gasteiger partial charge in [0.05, 0.1) is 11.5 Å². The molecular weight excluding hydrogens is 364 g/mol. The Kier molecular flexibility index (Phi) is 11.8. The van der Waals surface area contributed by atoms with Gasteiger partial charge in [0.25, 0.3) is 0 Å². The summed E-state index contributed by atoms with van der Waals surface area (Å²) in [4.78, 5) is 12.0. The van der Waals surface area contributed by atoms with Crippen LogP contribution in [0.15, 0.2) is 0 Å². The third kappa shape index (κ3) is 12.0. The van der Waals surface area contributed by atoms with Gasteiger partial charge in [-0.15, -0.1) is 0 Å². The van der Waals surface area contributed by atoms with Crippen molar-refractivity contribution in [3.05, 3.63) is 0 Å². The first kappa shape index (κ1) is 26.4. The van der Waals surface area contributed by atoms with Gasteiger partial charge in [0, 0.05) is 0 Å². The Morgan fingerprint density at radius 3 is 1.86 bits per heavy atom. The van der Waals surface area contributed by atoms with E-state index in [1.165, 1.54) is 57.8 Å². The monoisotopic (exact) mass is 412 g/mol. The Balaban J connectivity index is 2.14. The van der Waals surface area contributed by atoms with E-state index in [1.807, 2.05) is 34.6 Å². The van der Waals surface area contributed by atoms with E-state index in [9.17, 15) is 4.79 Å². The van der Waals surface area contributed by atoms with Crippen molar-refractivity contribution in [1.82, 2.24) is 0 Å². The minimum atomic E-state index is -0.598. The summed E-state index contributed by atoms with van der Waals surface area (Å²) in [6.45, 7) is 14.4. The summed E-state index contributed by atoms with van der Waals surface area (Å²) in [7, 11) is 0. The molecule has 4 nitrogen and oxygen atoms in total. The number of hydrogen-bond acceptors (Lipinski definition) is 4. The highest BCUT2D eigenvalue weighted by molar-refractivity contribution is 5.75. The molecule has 172 valence electrons. The largest absolute Gasteiger partial charge is 0.462 e. The first-order chi connectivity index (χ1) is 13.5. The van der Waals surface area contributed by atoms with Crippen LogP contribution in [-0.4, -0.2) is 30.6 Å². The molecule has 29 heavy (non-hydrogen) atoms. The molecule has 0 saturated carbocycles. The third-order valence-corrected chi connectivity index (χ3v) is 5.55. The van der Waals surface area contributed by atoms with Gasteiger partial charge in [0.1, 0.15) is 12.7 Å². The van der Waals surface area contributed by atoms with Crippen molar-refractivity contribution in [2.75, 3.05) is 6.61 Å². The number of ether oxygens (including phenoxy) is 3. The van der Waals surface area contributed by atoms with Gasteiger partial charge in [-0.05, 0) is 47.0 Å². The fraction of sp³-hybridized carbons (Fsp3) is 0.960. The summed E-state index contributed by atoms with van der Waals surface area (Å²) in [5.41, 5.74) is -0.487. The van der Waals surface area contributed by atoms with Gasteiger partial charge in [-0.1, -0.05) is 78.1 Å². The molecule has 0 amide bonds. The van der Waals surface area contributed by atoms with E-state index < -0.39 is 11.2 Å². The molecule has 1 aliphatic heterocycles. The summed E-state index contributed by atoms with van der Waals surface area (Å²) in [6.07, 6.45) is 14.1. The van der Waals surface area contributed by atoms with Crippen molar-refractivity contribution < 1.29 is 19.0 Å². The summed E-state index contributed by atoms with van der Waals surface area (Å²) in [5, 5.41) is 0. The highest BCUT2D eigenvalue weighted by atomic mass is 16.8. The van der Waals surface area contributed by atoms with Gasteiger partial charge >= 0.3 is 5.97 Å². The average molecular weight is 413 g/mol. The summed E-state index contributed by atoms with van der Waals surface area (Å²) >= 11 is 0. The number of hydrogen-bond donors (Lipinski definition) is 0. The topological polar surface area (TPSA) is 44.8 Å². The Labute approximate surface area is 180 Å². The van der Waals surface area contributed by atoms with Crippen molar-refractivity contribution in [3.8, 4) is 0 Å². The molecule has 0 aliphatic carbocycles. The number of unbranched alkanes of at least 4 members (excludes halogenated alkanes) is 8. The molecule has 0 N–H and O–H groups in total. The maximum absolute atomic E-state index is 12.0. The number of esters is 1. The van der Waals surface area contributed by atoms with E-state index in [-0.39, 0.29) is 24.8 Å². The fourth-order valence-electron chi connectivity index (χ4n) is 3.80. The third-order valence-electron chi connectivity index (χ3n) is 5.55. The Morgan fingerprint density at radius 1 is 0.862 bits per heavy atom. The first-order valence-corrected chi connectivity index (χ1v) is 12.0. The SMILES string of the molecule is CC(C)CCCCCCCCCCC[C@H]1OC(C)(C)O[C@H]1COC(=O)C(C)(C)C. The molecule has 0 aromatic heterocycles. The smallest absolute Gasteiger partial charge is 0.311 e. The summed E-state index contributed by atoms with van der Waals surface area (Å²) in [5.74, 6) is 0.0627. The molecule has 0 aromatic rings. The second kappa shape index (κ2) is 12.9. The second-order valence-electron chi connectivity index (χ2n) is 10.7. The highest BCUT2D eigenvalue weighted by Crippen LogP contribution is 2.31. The van der Waals surface area contributed by atoms with Crippen LogP contribution in [0, 0.1) is 11.3 Å². The van der Waals surface area contributed by atoms with Crippen molar-refractivity contribution in [3.63, 3.8) is 0 Å². The van der Waals surface area contributed by atoms with Gasteiger partial charge in [0.15, 0.2) is 5.79 Å². The van der Waals surface area contributed by atoms with Crippen LogP contribution in [-0.2, 0) is 19.0 Å². The van der Waals surface area contributed by atoms with Crippen LogP contribution in [0.25, 0.3) is 0 Å². The van der Waals surface area contributed by atoms with Crippen molar-refractivity contribution >= 4 is 5.97 Å². The van der Waals surface area contributed by atoms with Crippen LogP contribution in [0.2, 0.25) is 0 Å². The zero-order valence-corrected chi connectivity index (χ0v) is 20.4. The van der Waals surface area contributed by atoms with Crippen molar-refractivity contribution in [2.24, 2.45) is 11.3 Å². The molecule has 0 radical (unpaired) electrons. The molecular formula is C25H48O4. The molecule has 0 unspecified atom stereocenters. The van der Waals surface area contributed by atoms with E-state index >= 15 is 0 Å². The number of carbonyl (C=O) groups excluding carboxylic acids is 1. The van der Waals surface area contributed by atoms with E-state index in [0.29, 0.717) is 0 Å². The van der Waals surface area contributed by atoms with Crippen LogP contribution < -0.4 is 0 Å². The Bertz CT molecular complexity index is 450. The minimum Gasteiger partial charge on any atom is -0.462 e. The van der Waals surface area contributed by atoms with Crippen LogP contribution in [0.3, 0.4) is 0 Å². The van der Waals surface area contributed by atoms with E-state index in [2.05, 4.69) is 13.8 Å². The van der Waals surface area contributed by atoms with Gasteiger partial charge < -0.3 is 14.2 Å². The number of carbonyl (C=O) groups is 1. The first-order valence-electron chi connectivity index (χ1n) is 12.0. The lowest BCUT2D eigenvalue weighted by molar-refractivity contribution is -0.165. The molecule has 1 saturated heterocycles. The number of rotatable bonds is 14. The lowest BCUT2D eigenvalue weighted by Crippen LogP contribution is -2.32. The van der Waals surface area contributed by atoms with Crippen molar-refractivity contribution in [2.45, 2.75) is 137 Å². The van der Waals surface area contributed by atoms with Crippen LogP contribution in [0.1, 0.15) is 119 Å². The molecule has 2 atom stereocenters. The molecule has 1 fully saturated rings. The highest BCUT2D eigenvalue weighted by Gasteiger charge is 2.41. The summed E-state index contributed by atoms with van der Waals surface area (Å²) in [6, 6.07) is 0. The molecule has 4 heteroatoms. The van der Waals surface area contributed by atoms with Crippen LogP contribution >= 0.6 is 0 Å². The van der Waals surface area contributed by atoms with Gasteiger partial charge in [-0.3, -0.25) is 4.79 Å². The molecule has 0 bridgehead atoms. The standard InChI is InChI=1S/C25H48O4/c1-20(2)17-15-13-11-9-8-10-12-14-16-18-21-22(29-25(6,7)28-21)19-27-23(26)24(3,4)5/h20-22H,8-19H2,1-7H3/t21-,22+/m1/s1. The maximum atomic E-state index is 12.0. The van der Waals surface area contributed by atoms with Gasteiger partial charge in [0.2, 0.25) is 0 Å². The minimum absolute atomic E-state index is 0.0127. The van der Waals surface area contributed by atoms with Gasteiger partial charge in [-0.2, -0.15) is 0 Å². The molecule has 1 rings (SSSR count). The predicted octanol–water partition coefficient (Wildman–Crippen LogP) is 7.04.